The third-order valence-electron chi connectivity index (χ3n) is 3.15. The van der Waals surface area contributed by atoms with E-state index in [1.165, 1.54) is 34.3 Å². The summed E-state index contributed by atoms with van der Waals surface area (Å²) in [7, 11) is 0. The second kappa shape index (κ2) is 6.43. The Bertz CT molecular complexity index is 327. The Kier molecular flexibility index (Phi) is 5.20. The highest BCUT2D eigenvalue weighted by Crippen LogP contribution is 2.27. The number of thiophene rings is 1. The lowest BCUT2D eigenvalue weighted by Crippen LogP contribution is -2.34. The molecule has 16 heavy (non-hydrogen) atoms. The highest BCUT2D eigenvalue weighted by Gasteiger charge is 2.20. The minimum atomic E-state index is 0.729. The zero-order valence-corrected chi connectivity index (χ0v) is 12.8. The van der Waals surface area contributed by atoms with E-state index in [-0.39, 0.29) is 0 Å². The molecule has 0 bridgehead atoms. The summed E-state index contributed by atoms with van der Waals surface area (Å²) >= 11 is 7.37. The molecule has 1 N–H and O–H groups in total. The van der Waals surface area contributed by atoms with Gasteiger partial charge in [-0.1, -0.05) is 6.42 Å². The standard InChI is InChI=1S/C12H18BrNS2/c1-15-10-4-2-3-9(7-10)14-8-11-5-6-12(13)16-11/h5-6,9-10,14H,2-4,7-8H2,1H3. The van der Waals surface area contributed by atoms with Gasteiger partial charge in [0.25, 0.3) is 0 Å². The van der Waals surface area contributed by atoms with Gasteiger partial charge in [-0.15, -0.1) is 11.3 Å². The van der Waals surface area contributed by atoms with Crippen LogP contribution in [0.15, 0.2) is 15.9 Å². The van der Waals surface area contributed by atoms with Crippen LogP contribution in [-0.4, -0.2) is 17.5 Å². The van der Waals surface area contributed by atoms with Crippen LogP contribution in [0.4, 0.5) is 0 Å². The minimum Gasteiger partial charge on any atom is -0.309 e. The van der Waals surface area contributed by atoms with Gasteiger partial charge in [-0.05, 0) is 53.6 Å². The fourth-order valence-electron chi connectivity index (χ4n) is 2.24. The highest BCUT2D eigenvalue weighted by atomic mass is 79.9. The first-order valence-corrected chi connectivity index (χ1v) is 8.68. The summed E-state index contributed by atoms with van der Waals surface area (Å²) in [5.41, 5.74) is 0. The van der Waals surface area contributed by atoms with Gasteiger partial charge < -0.3 is 5.32 Å². The Labute approximate surface area is 115 Å². The van der Waals surface area contributed by atoms with E-state index in [0.717, 1.165) is 17.8 Å². The Hall–Kier alpha value is 0.490. The van der Waals surface area contributed by atoms with Crippen LogP contribution < -0.4 is 5.32 Å². The summed E-state index contributed by atoms with van der Waals surface area (Å²) in [6.07, 6.45) is 7.72. The van der Waals surface area contributed by atoms with Crippen molar-refractivity contribution in [1.82, 2.24) is 5.32 Å². The van der Waals surface area contributed by atoms with Crippen molar-refractivity contribution in [1.29, 1.82) is 0 Å². The maximum absolute atomic E-state index is 3.69. The molecule has 1 aliphatic rings. The molecule has 4 heteroatoms. The van der Waals surface area contributed by atoms with E-state index in [1.807, 2.05) is 23.1 Å². The zero-order valence-electron chi connectivity index (χ0n) is 9.54. The maximum Gasteiger partial charge on any atom is 0.0701 e. The highest BCUT2D eigenvalue weighted by molar-refractivity contribution is 9.11. The molecule has 1 aromatic rings. The van der Waals surface area contributed by atoms with Gasteiger partial charge in [0, 0.05) is 22.7 Å². The van der Waals surface area contributed by atoms with Crippen LogP contribution >= 0.6 is 39.0 Å². The van der Waals surface area contributed by atoms with Gasteiger partial charge in [0.15, 0.2) is 0 Å². The van der Waals surface area contributed by atoms with Crippen LogP contribution in [0.3, 0.4) is 0 Å². The summed E-state index contributed by atoms with van der Waals surface area (Å²) in [6, 6.07) is 5.07. The second-order valence-corrected chi connectivity index (χ2v) is 7.99. The molecule has 2 atom stereocenters. The molecule has 0 saturated heterocycles. The Morgan fingerprint density at radius 3 is 3.06 bits per heavy atom. The normalized spacial score (nSPS) is 25.9. The quantitative estimate of drug-likeness (QED) is 0.889. The van der Waals surface area contributed by atoms with Gasteiger partial charge in [0.05, 0.1) is 3.79 Å². The molecule has 0 radical (unpaired) electrons. The van der Waals surface area contributed by atoms with Crippen molar-refractivity contribution in [3.05, 3.63) is 20.8 Å². The maximum atomic E-state index is 3.69. The third-order valence-corrected chi connectivity index (χ3v) is 5.87. The van der Waals surface area contributed by atoms with Crippen LogP contribution in [0.25, 0.3) is 0 Å². The van der Waals surface area contributed by atoms with Crippen molar-refractivity contribution < 1.29 is 0 Å². The Morgan fingerprint density at radius 1 is 1.50 bits per heavy atom. The van der Waals surface area contributed by atoms with Crippen molar-refractivity contribution in [3.63, 3.8) is 0 Å². The third kappa shape index (κ3) is 3.76. The molecule has 90 valence electrons. The molecule has 0 spiro atoms. The van der Waals surface area contributed by atoms with E-state index in [4.69, 9.17) is 0 Å². The summed E-state index contributed by atoms with van der Waals surface area (Å²) in [6.45, 7) is 1.03. The summed E-state index contributed by atoms with van der Waals surface area (Å²) in [5.74, 6) is 0. The number of hydrogen-bond acceptors (Lipinski definition) is 3. The largest absolute Gasteiger partial charge is 0.309 e. The van der Waals surface area contributed by atoms with Gasteiger partial charge >= 0.3 is 0 Å². The van der Waals surface area contributed by atoms with Crippen LogP contribution in [-0.2, 0) is 6.54 Å². The van der Waals surface area contributed by atoms with Crippen LogP contribution in [0.1, 0.15) is 30.6 Å². The van der Waals surface area contributed by atoms with Gasteiger partial charge in [-0.2, -0.15) is 11.8 Å². The van der Waals surface area contributed by atoms with Crippen molar-refractivity contribution in [2.45, 2.75) is 43.5 Å². The Balaban J connectivity index is 1.77. The molecular weight excluding hydrogens is 302 g/mol. The number of rotatable bonds is 4. The molecule has 1 aliphatic carbocycles. The predicted octanol–water partition coefficient (Wildman–Crippen LogP) is 4.27. The van der Waals surface area contributed by atoms with Crippen LogP contribution in [0.5, 0.6) is 0 Å². The van der Waals surface area contributed by atoms with Crippen molar-refractivity contribution in [2.75, 3.05) is 6.26 Å². The van der Waals surface area contributed by atoms with Crippen LogP contribution in [0.2, 0.25) is 0 Å². The van der Waals surface area contributed by atoms with Gasteiger partial charge in [-0.25, -0.2) is 0 Å². The van der Waals surface area contributed by atoms with E-state index < -0.39 is 0 Å². The minimum absolute atomic E-state index is 0.729. The summed E-state index contributed by atoms with van der Waals surface area (Å²) in [5, 5.41) is 4.57. The lowest BCUT2D eigenvalue weighted by Gasteiger charge is -2.28. The van der Waals surface area contributed by atoms with E-state index in [1.54, 1.807) is 0 Å². The molecule has 2 unspecified atom stereocenters. The first-order valence-electron chi connectivity index (χ1n) is 5.78. The van der Waals surface area contributed by atoms with E-state index in [9.17, 15) is 0 Å². The first-order chi connectivity index (χ1) is 7.78. The predicted molar refractivity (Wildman–Crippen MR) is 78.4 cm³/mol. The smallest absolute Gasteiger partial charge is 0.0701 e. The van der Waals surface area contributed by atoms with E-state index >= 15 is 0 Å². The number of thioether (sulfide) groups is 1. The molecule has 1 heterocycles. The summed E-state index contributed by atoms with van der Waals surface area (Å²) < 4.78 is 1.23. The van der Waals surface area contributed by atoms with Gasteiger partial charge in [-0.3, -0.25) is 0 Å². The monoisotopic (exact) mass is 319 g/mol. The zero-order chi connectivity index (χ0) is 11.4. The number of halogens is 1. The van der Waals surface area contributed by atoms with Gasteiger partial charge in [0.2, 0.25) is 0 Å². The second-order valence-electron chi connectivity index (χ2n) is 4.31. The molecule has 1 fully saturated rings. The number of nitrogens with one attached hydrogen (secondary N) is 1. The molecule has 2 rings (SSSR count). The molecule has 1 saturated carbocycles. The lowest BCUT2D eigenvalue weighted by atomic mass is 9.95. The SMILES string of the molecule is CSC1CCCC(NCc2ccc(Br)s2)C1. The molecular formula is C12H18BrNS2. The Morgan fingerprint density at radius 2 is 2.38 bits per heavy atom. The fraction of sp³-hybridized carbons (Fsp3) is 0.667. The fourth-order valence-corrected chi connectivity index (χ4v) is 4.50. The average Bonchev–Trinajstić information content (AvgIpc) is 2.73. The molecule has 0 aromatic carbocycles. The van der Waals surface area contributed by atoms with E-state index in [2.05, 4.69) is 39.6 Å². The van der Waals surface area contributed by atoms with Gasteiger partial charge in [0.1, 0.15) is 0 Å². The first kappa shape index (κ1) is 12.9. The van der Waals surface area contributed by atoms with Crippen molar-refractivity contribution in [3.8, 4) is 0 Å². The molecule has 1 aromatic heterocycles. The molecule has 0 amide bonds. The van der Waals surface area contributed by atoms with Crippen LogP contribution in [0, 0.1) is 0 Å². The molecule has 1 nitrogen and oxygen atoms in total. The van der Waals surface area contributed by atoms with Crippen molar-refractivity contribution in [2.24, 2.45) is 0 Å². The summed E-state index contributed by atoms with van der Waals surface area (Å²) in [4.78, 5) is 1.43. The number of hydrogen-bond donors (Lipinski definition) is 1. The average molecular weight is 320 g/mol. The molecule has 0 aliphatic heterocycles. The van der Waals surface area contributed by atoms with E-state index in [0.29, 0.717) is 0 Å². The lowest BCUT2D eigenvalue weighted by molar-refractivity contribution is 0.381. The van der Waals surface area contributed by atoms with Crippen molar-refractivity contribution >= 4 is 39.0 Å². The topological polar surface area (TPSA) is 12.0 Å².